The molecule has 1 fully saturated rings. The van der Waals surface area contributed by atoms with E-state index in [1.165, 1.54) is 16.2 Å². The van der Waals surface area contributed by atoms with Gasteiger partial charge in [0.25, 0.3) is 0 Å². The maximum Gasteiger partial charge on any atom is 0.207 e. The van der Waals surface area contributed by atoms with Crippen LogP contribution in [0, 0.1) is 11.7 Å². The smallest absolute Gasteiger partial charge is 0.207 e. The van der Waals surface area contributed by atoms with Crippen LogP contribution in [-0.4, -0.2) is 40.4 Å². The normalized spacial score (nSPS) is 15.8. The van der Waals surface area contributed by atoms with Crippen molar-refractivity contribution in [3.05, 3.63) is 58.0 Å². The van der Waals surface area contributed by atoms with Gasteiger partial charge in [-0.1, -0.05) is 23.7 Å². The Morgan fingerprint density at radius 2 is 2.00 bits per heavy atom. The van der Waals surface area contributed by atoms with E-state index in [2.05, 4.69) is 29.1 Å². The highest BCUT2D eigenvalue weighted by Gasteiger charge is 2.22. The summed E-state index contributed by atoms with van der Waals surface area (Å²) in [6, 6.07) is 12.1. The minimum atomic E-state index is 0.760. The highest BCUT2D eigenvalue weighted by Crippen LogP contribution is 2.24. The van der Waals surface area contributed by atoms with Gasteiger partial charge >= 0.3 is 0 Å². The van der Waals surface area contributed by atoms with Crippen molar-refractivity contribution in [1.29, 1.82) is 0 Å². The second-order valence-electron chi connectivity index (χ2n) is 6.54. The number of hydrogen-bond donors (Lipinski definition) is 1. The molecule has 1 aliphatic rings. The third-order valence-electron chi connectivity index (χ3n) is 4.84. The Bertz CT molecular complexity index is 955. The number of nitrogens with zero attached hydrogens (tertiary/aromatic N) is 4. The molecule has 0 amide bonds. The van der Waals surface area contributed by atoms with E-state index in [9.17, 15) is 0 Å². The number of nitrogens with one attached hydrogen (secondary N) is 1. The highest BCUT2D eigenvalue weighted by molar-refractivity contribution is 7.71. The molecule has 0 bridgehead atoms. The molecule has 7 heteroatoms. The maximum absolute atomic E-state index is 6.17. The molecule has 3 aromatic rings. The van der Waals surface area contributed by atoms with Gasteiger partial charge in [0.1, 0.15) is 0 Å². The van der Waals surface area contributed by atoms with E-state index in [1.54, 1.807) is 0 Å². The summed E-state index contributed by atoms with van der Waals surface area (Å²) in [5.74, 6) is 0. The van der Waals surface area contributed by atoms with E-state index in [1.807, 2.05) is 39.5 Å². The van der Waals surface area contributed by atoms with Crippen molar-refractivity contribution in [3.8, 4) is 0 Å². The summed E-state index contributed by atoms with van der Waals surface area (Å²) in [5, 5.41) is 5.43. The van der Waals surface area contributed by atoms with Gasteiger partial charge in [0.05, 0.1) is 26.2 Å². The van der Waals surface area contributed by atoms with Gasteiger partial charge in [-0.3, -0.25) is 4.40 Å². The molecule has 5 nitrogen and oxygen atoms in total. The molecule has 0 radical (unpaired) electrons. The Kier molecular flexibility index (Phi) is 4.50. The van der Waals surface area contributed by atoms with Gasteiger partial charge in [0.2, 0.25) is 4.77 Å². The van der Waals surface area contributed by atoms with E-state index in [4.69, 9.17) is 23.8 Å². The number of piperazine rings is 1. The molecule has 0 unspecified atom stereocenters. The van der Waals surface area contributed by atoms with E-state index in [-0.39, 0.29) is 0 Å². The zero-order valence-corrected chi connectivity index (χ0v) is 15.7. The molecule has 1 aliphatic heterocycles. The number of fused-ring (bicyclic) bond motifs is 1. The van der Waals surface area contributed by atoms with Gasteiger partial charge in [-0.2, -0.15) is 4.68 Å². The SMILES string of the molecule is Cc1ccc(Cl)cc1N1CC[NH+](Cn2nc3ccccn3c2=S)CC1. The molecular formula is C18H21ClN5S+. The lowest BCUT2D eigenvalue weighted by molar-refractivity contribution is -0.924. The second kappa shape index (κ2) is 6.78. The maximum atomic E-state index is 6.17. The lowest BCUT2D eigenvalue weighted by atomic mass is 10.1. The summed E-state index contributed by atoms with van der Waals surface area (Å²) in [5.41, 5.74) is 3.42. The number of aryl methyl sites for hydroxylation is 1. The number of rotatable bonds is 3. The summed E-state index contributed by atoms with van der Waals surface area (Å²) < 4.78 is 4.66. The lowest BCUT2D eigenvalue weighted by Gasteiger charge is -2.34. The fourth-order valence-electron chi connectivity index (χ4n) is 3.43. The van der Waals surface area contributed by atoms with Crippen LogP contribution in [-0.2, 0) is 6.67 Å². The minimum Gasteiger partial charge on any atom is -0.360 e. The monoisotopic (exact) mass is 374 g/mol. The molecule has 2 aromatic heterocycles. The fraction of sp³-hybridized carbons (Fsp3) is 0.333. The number of halogens is 1. The van der Waals surface area contributed by atoms with Crippen LogP contribution in [0.3, 0.4) is 0 Å². The summed E-state index contributed by atoms with van der Waals surface area (Å²) >= 11 is 11.7. The van der Waals surface area contributed by atoms with Crippen LogP contribution in [0.4, 0.5) is 5.69 Å². The Morgan fingerprint density at radius 1 is 1.20 bits per heavy atom. The summed E-state index contributed by atoms with van der Waals surface area (Å²) in [4.78, 5) is 3.92. The average molecular weight is 375 g/mol. The highest BCUT2D eigenvalue weighted by atomic mass is 35.5. The summed E-state index contributed by atoms with van der Waals surface area (Å²) in [6.45, 7) is 7.08. The van der Waals surface area contributed by atoms with Crippen LogP contribution in [0.25, 0.3) is 5.65 Å². The van der Waals surface area contributed by atoms with Crippen LogP contribution >= 0.6 is 23.8 Å². The van der Waals surface area contributed by atoms with Gasteiger partial charge < -0.3 is 9.80 Å². The van der Waals surface area contributed by atoms with Crippen molar-refractivity contribution < 1.29 is 4.90 Å². The van der Waals surface area contributed by atoms with Gasteiger partial charge in [-0.25, -0.2) is 0 Å². The Hall–Kier alpha value is -1.89. The molecule has 130 valence electrons. The molecule has 1 saturated heterocycles. The Morgan fingerprint density at radius 3 is 2.76 bits per heavy atom. The van der Waals surface area contributed by atoms with Crippen LogP contribution in [0.2, 0.25) is 5.02 Å². The number of aromatic nitrogens is 3. The topological polar surface area (TPSA) is 29.9 Å². The molecule has 0 spiro atoms. The molecule has 0 atom stereocenters. The van der Waals surface area contributed by atoms with Crippen LogP contribution in [0.1, 0.15) is 5.56 Å². The first-order valence-corrected chi connectivity index (χ1v) is 9.29. The third kappa shape index (κ3) is 3.29. The molecule has 0 saturated carbocycles. The number of hydrogen-bond acceptors (Lipinski definition) is 3. The van der Waals surface area contributed by atoms with Gasteiger partial charge in [0.15, 0.2) is 12.3 Å². The van der Waals surface area contributed by atoms with Gasteiger partial charge in [-0.05, 0) is 49.0 Å². The molecular weight excluding hydrogens is 354 g/mol. The second-order valence-corrected chi connectivity index (χ2v) is 7.34. The summed E-state index contributed by atoms with van der Waals surface area (Å²) in [7, 11) is 0. The number of quaternary nitrogens is 1. The predicted molar refractivity (Wildman–Crippen MR) is 103 cm³/mol. The quantitative estimate of drug-likeness (QED) is 0.713. The molecule has 1 aromatic carbocycles. The summed E-state index contributed by atoms with van der Waals surface area (Å²) in [6.07, 6.45) is 1.97. The van der Waals surface area contributed by atoms with Crippen LogP contribution in [0.5, 0.6) is 0 Å². The van der Waals surface area contributed by atoms with Crippen molar-refractivity contribution in [2.24, 2.45) is 0 Å². The molecule has 0 aliphatic carbocycles. The van der Waals surface area contributed by atoms with Crippen molar-refractivity contribution >= 4 is 35.2 Å². The first kappa shape index (κ1) is 16.6. The fourth-order valence-corrected chi connectivity index (χ4v) is 3.85. The molecule has 3 heterocycles. The van der Waals surface area contributed by atoms with Crippen molar-refractivity contribution in [3.63, 3.8) is 0 Å². The Labute approximate surface area is 157 Å². The van der Waals surface area contributed by atoms with Crippen LogP contribution in [0.15, 0.2) is 42.6 Å². The van der Waals surface area contributed by atoms with Crippen LogP contribution < -0.4 is 9.80 Å². The van der Waals surface area contributed by atoms with Gasteiger partial charge in [0, 0.05) is 16.9 Å². The first-order valence-electron chi connectivity index (χ1n) is 8.51. The van der Waals surface area contributed by atoms with Crippen molar-refractivity contribution in [2.45, 2.75) is 13.6 Å². The molecule has 1 N–H and O–H groups in total. The first-order chi connectivity index (χ1) is 12.1. The zero-order chi connectivity index (χ0) is 17.4. The zero-order valence-electron chi connectivity index (χ0n) is 14.2. The molecule has 4 rings (SSSR count). The Balaban J connectivity index is 1.46. The van der Waals surface area contributed by atoms with Crippen molar-refractivity contribution in [2.75, 3.05) is 31.1 Å². The predicted octanol–water partition coefficient (Wildman–Crippen LogP) is 2.19. The third-order valence-corrected chi connectivity index (χ3v) is 5.49. The lowest BCUT2D eigenvalue weighted by Crippen LogP contribution is -3.14. The number of anilines is 1. The minimum absolute atomic E-state index is 0.760. The van der Waals surface area contributed by atoms with Gasteiger partial charge in [-0.15, -0.1) is 5.10 Å². The molecule has 25 heavy (non-hydrogen) atoms. The van der Waals surface area contributed by atoms with E-state index in [0.29, 0.717) is 0 Å². The standard InChI is InChI=1S/C18H20ClN5S/c1-14-5-6-15(19)12-16(14)22-10-8-21(9-11-22)13-24-18(25)23-7-3-2-4-17(23)20-24/h2-7,12H,8-11,13H2,1H3/p+1. The number of pyridine rings is 1. The average Bonchev–Trinajstić information content (AvgIpc) is 2.94. The number of benzene rings is 1. The van der Waals surface area contributed by atoms with Crippen molar-refractivity contribution in [1.82, 2.24) is 14.2 Å². The van der Waals surface area contributed by atoms with E-state index in [0.717, 1.165) is 48.3 Å². The van der Waals surface area contributed by atoms with E-state index >= 15 is 0 Å². The van der Waals surface area contributed by atoms with E-state index < -0.39 is 0 Å². The largest absolute Gasteiger partial charge is 0.360 e.